The fraction of sp³-hybridized carbons (Fsp3) is 0.429. The molecule has 2 aliphatic rings. The third kappa shape index (κ3) is 3.64. The second-order valence-corrected chi connectivity index (χ2v) is 8.46. The van der Waals surface area contributed by atoms with Crippen LogP contribution >= 0.6 is 11.3 Å². The minimum absolute atomic E-state index is 0.00274. The van der Waals surface area contributed by atoms with Crippen molar-refractivity contribution in [3.63, 3.8) is 0 Å². The molecule has 0 radical (unpaired) electrons. The average Bonchev–Trinajstić information content (AvgIpc) is 3.42. The van der Waals surface area contributed by atoms with E-state index in [4.69, 9.17) is 10.5 Å². The number of likely N-dealkylation sites (tertiary alicyclic amines) is 1. The molecule has 27 heavy (non-hydrogen) atoms. The molecule has 3 heterocycles. The van der Waals surface area contributed by atoms with E-state index in [-0.39, 0.29) is 17.9 Å². The van der Waals surface area contributed by atoms with Gasteiger partial charge in [-0.15, -0.1) is 11.3 Å². The number of ether oxygens (including phenoxy) is 1. The summed E-state index contributed by atoms with van der Waals surface area (Å²) in [6.45, 7) is 1.58. The summed E-state index contributed by atoms with van der Waals surface area (Å²) in [5, 5.41) is 2.05. The molecule has 0 spiro atoms. The minimum Gasteiger partial charge on any atom is -0.369 e. The van der Waals surface area contributed by atoms with Crippen LogP contribution in [0.15, 0.2) is 41.8 Å². The van der Waals surface area contributed by atoms with E-state index in [0.29, 0.717) is 32.5 Å². The lowest BCUT2D eigenvalue weighted by Crippen LogP contribution is -2.44. The molecule has 2 fully saturated rings. The van der Waals surface area contributed by atoms with Crippen LogP contribution in [-0.2, 0) is 20.7 Å². The molecule has 0 bridgehead atoms. The Bertz CT molecular complexity index is 830. The van der Waals surface area contributed by atoms with Crippen LogP contribution in [0.4, 0.5) is 0 Å². The highest BCUT2D eigenvalue weighted by Crippen LogP contribution is 2.36. The molecule has 2 aliphatic heterocycles. The van der Waals surface area contributed by atoms with Gasteiger partial charge < -0.3 is 15.4 Å². The molecule has 4 rings (SSSR count). The first-order valence-electron chi connectivity index (χ1n) is 9.41. The second-order valence-electron chi connectivity index (χ2n) is 7.51. The lowest BCUT2D eigenvalue weighted by molar-refractivity contribution is -0.140. The van der Waals surface area contributed by atoms with Crippen LogP contribution in [0.25, 0.3) is 10.4 Å². The SMILES string of the molecule is NC(=O)[C@]1(Cc2cccc(-c3cccs3)c2)CCN(C(=O)[C@H]2CCCO2)C1. The van der Waals surface area contributed by atoms with Crippen molar-refractivity contribution in [3.8, 4) is 10.4 Å². The number of rotatable bonds is 5. The Balaban J connectivity index is 1.53. The van der Waals surface area contributed by atoms with Crippen LogP contribution in [0, 0.1) is 5.41 Å². The number of carbonyl (C=O) groups is 2. The highest BCUT2D eigenvalue weighted by Gasteiger charge is 2.46. The number of carbonyl (C=O) groups excluding carboxylic acids is 2. The van der Waals surface area contributed by atoms with E-state index >= 15 is 0 Å². The third-order valence-corrected chi connectivity index (χ3v) is 6.59. The number of hydrogen-bond donors (Lipinski definition) is 1. The van der Waals surface area contributed by atoms with Gasteiger partial charge in [-0.1, -0.05) is 30.3 Å². The first-order valence-corrected chi connectivity index (χ1v) is 10.3. The molecule has 2 atom stereocenters. The average molecular weight is 385 g/mol. The van der Waals surface area contributed by atoms with E-state index < -0.39 is 5.41 Å². The number of primary amides is 1. The number of thiophene rings is 1. The molecule has 0 unspecified atom stereocenters. The van der Waals surface area contributed by atoms with Gasteiger partial charge in [-0.05, 0) is 48.3 Å². The molecule has 0 saturated carbocycles. The number of nitrogens with two attached hydrogens (primary N) is 1. The quantitative estimate of drug-likeness (QED) is 0.862. The first-order chi connectivity index (χ1) is 13.1. The number of benzene rings is 1. The monoisotopic (exact) mass is 384 g/mol. The molecule has 1 aromatic heterocycles. The molecule has 6 heteroatoms. The van der Waals surface area contributed by atoms with Crippen molar-refractivity contribution in [1.82, 2.24) is 4.90 Å². The summed E-state index contributed by atoms with van der Waals surface area (Å²) in [7, 11) is 0. The van der Waals surface area contributed by atoms with Crippen LogP contribution in [-0.4, -0.2) is 42.5 Å². The molecule has 2 aromatic rings. The zero-order chi connectivity index (χ0) is 18.9. The zero-order valence-corrected chi connectivity index (χ0v) is 16.0. The van der Waals surface area contributed by atoms with Crippen LogP contribution in [0.2, 0.25) is 0 Å². The standard InChI is InChI=1S/C21H24N2O3S/c22-20(25)21(8-9-23(14-21)19(24)17-6-2-10-26-17)13-15-4-1-5-16(12-15)18-7-3-11-27-18/h1,3-5,7,11-12,17H,2,6,8-10,13-14H2,(H2,22,25)/t17-,21+/m1/s1. The third-order valence-electron chi connectivity index (χ3n) is 5.67. The van der Waals surface area contributed by atoms with E-state index in [1.807, 2.05) is 18.2 Å². The van der Waals surface area contributed by atoms with Crippen molar-refractivity contribution < 1.29 is 14.3 Å². The van der Waals surface area contributed by atoms with E-state index in [1.165, 1.54) is 4.88 Å². The fourth-order valence-corrected chi connectivity index (χ4v) is 4.86. The lowest BCUT2D eigenvalue weighted by atomic mass is 9.80. The van der Waals surface area contributed by atoms with Gasteiger partial charge in [-0.3, -0.25) is 9.59 Å². The number of hydrogen-bond acceptors (Lipinski definition) is 4. The van der Waals surface area contributed by atoms with Gasteiger partial charge in [0.2, 0.25) is 5.91 Å². The summed E-state index contributed by atoms with van der Waals surface area (Å²) in [5.41, 5.74) is 7.34. The van der Waals surface area contributed by atoms with E-state index in [9.17, 15) is 9.59 Å². The maximum atomic E-state index is 12.7. The Kier molecular flexibility index (Phi) is 5.02. The molecule has 142 valence electrons. The molecule has 2 saturated heterocycles. The summed E-state index contributed by atoms with van der Waals surface area (Å²) in [6, 6.07) is 12.4. The zero-order valence-electron chi connectivity index (χ0n) is 15.2. The predicted molar refractivity (Wildman–Crippen MR) is 105 cm³/mol. The van der Waals surface area contributed by atoms with Crippen molar-refractivity contribution in [2.24, 2.45) is 11.1 Å². The van der Waals surface area contributed by atoms with Crippen LogP contribution < -0.4 is 5.73 Å². The Morgan fingerprint density at radius 3 is 2.89 bits per heavy atom. The van der Waals surface area contributed by atoms with Crippen molar-refractivity contribution in [3.05, 3.63) is 47.3 Å². The summed E-state index contributed by atoms with van der Waals surface area (Å²) < 4.78 is 5.52. The molecular formula is C21H24N2O3S. The predicted octanol–water partition coefficient (Wildman–Crippen LogP) is 2.84. The highest BCUT2D eigenvalue weighted by molar-refractivity contribution is 7.13. The smallest absolute Gasteiger partial charge is 0.251 e. The molecule has 0 aliphatic carbocycles. The Hall–Kier alpha value is -2.18. The van der Waals surface area contributed by atoms with E-state index in [0.717, 1.165) is 24.0 Å². The van der Waals surface area contributed by atoms with Gasteiger partial charge in [-0.2, -0.15) is 0 Å². The minimum atomic E-state index is -0.706. The summed E-state index contributed by atoms with van der Waals surface area (Å²) >= 11 is 1.69. The Morgan fingerprint density at radius 1 is 1.30 bits per heavy atom. The molecule has 2 amide bonds. The highest BCUT2D eigenvalue weighted by atomic mass is 32.1. The van der Waals surface area contributed by atoms with Gasteiger partial charge in [-0.25, -0.2) is 0 Å². The summed E-state index contributed by atoms with van der Waals surface area (Å²) in [6.07, 6.45) is 2.49. The Morgan fingerprint density at radius 2 is 2.19 bits per heavy atom. The maximum absolute atomic E-state index is 12.7. The van der Waals surface area contributed by atoms with Crippen molar-refractivity contribution in [2.45, 2.75) is 31.8 Å². The summed E-state index contributed by atoms with van der Waals surface area (Å²) in [4.78, 5) is 28.0. The lowest BCUT2D eigenvalue weighted by Gasteiger charge is -2.27. The summed E-state index contributed by atoms with van der Waals surface area (Å²) in [5.74, 6) is -0.324. The van der Waals surface area contributed by atoms with Gasteiger partial charge >= 0.3 is 0 Å². The van der Waals surface area contributed by atoms with Crippen molar-refractivity contribution in [1.29, 1.82) is 0 Å². The van der Waals surface area contributed by atoms with Gasteiger partial charge in [0.1, 0.15) is 6.10 Å². The van der Waals surface area contributed by atoms with Gasteiger partial charge in [0, 0.05) is 24.6 Å². The van der Waals surface area contributed by atoms with Crippen LogP contribution in [0.1, 0.15) is 24.8 Å². The van der Waals surface area contributed by atoms with E-state index in [1.54, 1.807) is 16.2 Å². The number of amides is 2. The molecule has 1 aromatic carbocycles. The fourth-order valence-electron chi connectivity index (χ4n) is 4.14. The Labute approximate surface area is 163 Å². The van der Waals surface area contributed by atoms with Crippen LogP contribution in [0.5, 0.6) is 0 Å². The van der Waals surface area contributed by atoms with Crippen molar-refractivity contribution in [2.75, 3.05) is 19.7 Å². The van der Waals surface area contributed by atoms with Gasteiger partial charge in [0.25, 0.3) is 5.91 Å². The van der Waals surface area contributed by atoms with Crippen molar-refractivity contribution >= 4 is 23.2 Å². The normalized spacial score (nSPS) is 25.0. The molecular weight excluding hydrogens is 360 g/mol. The van der Waals surface area contributed by atoms with E-state index in [2.05, 4.69) is 23.6 Å². The maximum Gasteiger partial charge on any atom is 0.251 e. The molecule has 5 nitrogen and oxygen atoms in total. The van der Waals surface area contributed by atoms with Gasteiger partial charge in [0.15, 0.2) is 0 Å². The topological polar surface area (TPSA) is 72.6 Å². The van der Waals surface area contributed by atoms with Gasteiger partial charge in [0.05, 0.1) is 5.41 Å². The van der Waals surface area contributed by atoms with Crippen LogP contribution in [0.3, 0.4) is 0 Å². The largest absolute Gasteiger partial charge is 0.369 e. The molecule has 2 N–H and O–H groups in total. The number of nitrogens with zero attached hydrogens (tertiary/aromatic N) is 1. The second kappa shape index (κ2) is 7.44. The first kappa shape index (κ1) is 18.2.